The molecule has 1 aromatic heterocycles. The molecule has 0 radical (unpaired) electrons. The Bertz CT molecular complexity index is 2130. The molecular weight excluding hydrogens is 894 g/mol. The largest absolute Gasteiger partial charge is 0.490 e. The van der Waals surface area contributed by atoms with E-state index in [4.69, 9.17) is 29.8 Å². The second kappa shape index (κ2) is 27.1. The van der Waals surface area contributed by atoms with E-state index in [-0.39, 0.29) is 81.9 Å². The molecule has 368 valence electrons. The first kappa shape index (κ1) is 55.5. The zero-order valence-electron chi connectivity index (χ0n) is 37.6. The van der Waals surface area contributed by atoms with E-state index in [2.05, 4.69) is 5.32 Å². The fourth-order valence-electron chi connectivity index (χ4n) is 6.80. The van der Waals surface area contributed by atoms with Gasteiger partial charge in [0.2, 0.25) is 11.8 Å². The normalized spacial score (nSPS) is 13.6. The number of hydrogen-bond acceptors (Lipinski definition) is 11. The Labute approximate surface area is 384 Å². The van der Waals surface area contributed by atoms with Crippen LogP contribution in [0.1, 0.15) is 63.8 Å². The second-order valence-electron chi connectivity index (χ2n) is 16.3. The minimum absolute atomic E-state index is 0.0106. The van der Waals surface area contributed by atoms with Crippen molar-refractivity contribution in [1.82, 2.24) is 19.7 Å². The monoisotopic (exact) mass is 951 g/mol. The molecule has 2 atom stereocenters. The van der Waals surface area contributed by atoms with E-state index in [0.29, 0.717) is 44.0 Å². The highest BCUT2D eigenvalue weighted by Gasteiger charge is 2.39. The van der Waals surface area contributed by atoms with Crippen LogP contribution >= 0.6 is 0 Å². The SMILES string of the molecule is CC(C)(C)[C@H](c1cc(-c2cc(F)ccc2F)cn1Cc1ccccc1)N(CC[C@H](N)C(=O)NCCCC(=O)CCOCCOCCOCCN1C(=O)C=CC1=O)C(=O)CO.O=C(O)C(F)(F)F. The average Bonchev–Trinajstić information content (AvgIpc) is 3.83. The van der Waals surface area contributed by atoms with E-state index in [9.17, 15) is 46.6 Å². The third-order valence-electron chi connectivity index (χ3n) is 10.1. The van der Waals surface area contributed by atoms with Gasteiger partial charge in [-0.1, -0.05) is 51.1 Å². The number of carbonyl (C=O) groups excluding carboxylic acids is 5. The number of ether oxygens (including phenoxy) is 3. The number of carboxylic acids is 1. The van der Waals surface area contributed by atoms with Crippen LogP contribution in [0.5, 0.6) is 0 Å². The number of ketones is 1. The van der Waals surface area contributed by atoms with Gasteiger partial charge in [-0.15, -0.1) is 0 Å². The van der Waals surface area contributed by atoms with Crippen molar-refractivity contribution in [2.24, 2.45) is 11.1 Å². The Morgan fingerprint density at radius 2 is 1.45 bits per heavy atom. The summed E-state index contributed by atoms with van der Waals surface area (Å²) in [4.78, 5) is 73.3. The molecule has 0 saturated carbocycles. The molecule has 2 heterocycles. The number of nitrogens with one attached hydrogen (secondary N) is 1. The summed E-state index contributed by atoms with van der Waals surface area (Å²) < 4.78 is 79.2. The van der Waals surface area contributed by atoms with E-state index in [1.807, 2.05) is 55.7 Å². The number of nitrogens with two attached hydrogens (primary N) is 1. The lowest BCUT2D eigenvalue weighted by Gasteiger charge is -2.41. The smallest absolute Gasteiger partial charge is 0.475 e. The number of aliphatic carboxylic acids is 1. The topological polar surface area (TPSA) is 220 Å². The first-order chi connectivity index (χ1) is 31.6. The molecule has 0 saturated heterocycles. The number of rotatable bonds is 26. The van der Waals surface area contributed by atoms with Gasteiger partial charge in [0.05, 0.1) is 58.3 Å². The van der Waals surface area contributed by atoms with E-state index < -0.39 is 59.7 Å². The average molecular weight is 952 g/mol. The molecule has 1 aliphatic heterocycles. The number of hydrogen-bond donors (Lipinski definition) is 4. The van der Waals surface area contributed by atoms with Gasteiger partial charge in [-0.05, 0) is 48.1 Å². The molecule has 16 nitrogen and oxygen atoms in total. The van der Waals surface area contributed by atoms with Crippen molar-refractivity contribution < 1.29 is 75.1 Å². The number of nitrogens with zero attached hydrogens (tertiary/aromatic N) is 3. The van der Waals surface area contributed by atoms with Crippen LogP contribution in [0.15, 0.2) is 72.9 Å². The van der Waals surface area contributed by atoms with E-state index in [1.54, 1.807) is 12.3 Å². The Morgan fingerprint density at radius 3 is 2.03 bits per heavy atom. The lowest BCUT2D eigenvalue weighted by Crippen LogP contribution is -2.47. The molecule has 5 N–H and O–H groups in total. The van der Waals surface area contributed by atoms with Gasteiger partial charge in [-0.2, -0.15) is 13.2 Å². The number of benzene rings is 2. The van der Waals surface area contributed by atoms with Gasteiger partial charge < -0.3 is 44.9 Å². The van der Waals surface area contributed by atoms with E-state index in [0.717, 1.165) is 28.7 Å². The molecule has 0 unspecified atom stereocenters. The summed E-state index contributed by atoms with van der Waals surface area (Å²) in [6.45, 7) is 7.39. The standard InChI is InChI=1S/C44H57F2N5O9.C2HF3O2/c1-44(2,3)42(38-26-32(35-27-33(45)11-12-36(35)46)29-49(38)28-31-8-5-4-6-9-31)51(41(56)30-52)18-15-37(47)43(57)48-17-7-10-34(53)16-20-58-22-24-60-25-23-59-21-19-50-39(54)13-14-40(50)55;3-2(4,5)1(6)7/h4-6,8-9,11-14,26-27,29,37,42,52H,7,10,15-25,28,30,47H2,1-3H3,(H,48,57);(H,6,7)/t37-,42-;/m0./s1. The molecule has 0 bridgehead atoms. The van der Waals surface area contributed by atoms with Gasteiger partial charge in [0.1, 0.15) is 24.0 Å². The minimum atomic E-state index is -5.08. The summed E-state index contributed by atoms with van der Waals surface area (Å²) in [5.41, 5.74) is 7.70. The number of carboxylic acid groups (broad SMARTS) is 1. The maximum Gasteiger partial charge on any atom is 0.490 e. The van der Waals surface area contributed by atoms with Gasteiger partial charge in [0.25, 0.3) is 11.8 Å². The van der Waals surface area contributed by atoms with Crippen LogP contribution < -0.4 is 11.1 Å². The molecule has 2 aromatic carbocycles. The van der Waals surface area contributed by atoms with Gasteiger partial charge in [0.15, 0.2) is 0 Å². The molecule has 3 aromatic rings. The van der Waals surface area contributed by atoms with E-state index in [1.165, 1.54) is 17.1 Å². The van der Waals surface area contributed by atoms with Crippen molar-refractivity contribution in [1.29, 1.82) is 0 Å². The molecule has 0 spiro atoms. The van der Waals surface area contributed by atoms with Crippen molar-refractivity contribution in [3.05, 3.63) is 95.8 Å². The molecular formula is C46H58F5N5O11. The zero-order valence-corrected chi connectivity index (χ0v) is 37.6. The van der Waals surface area contributed by atoms with Crippen LogP contribution in [-0.4, -0.2) is 138 Å². The third kappa shape index (κ3) is 18.7. The summed E-state index contributed by atoms with van der Waals surface area (Å²) in [6.07, 6.45) is -0.0288. The molecule has 1 aliphatic rings. The molecule has 4 amide bonds. The predicted molar refractivity (Wildman–Crippen MR) is 233 cm³/mol. The molecule has 0 aliphatic carbocycles. The van der Waals surface area contributed by atoms with Crippen LogP contribution in [0, 0.1) is 17.0 Å². The van der Waals surface area contributed by atoms with Gasteiger partial charge in [-0.25, -0.2) is 13.6 Å². The molecule has 4 rings (SSSR count). The number of halogens is 5. The minimum Gasteiger partial charge on any atom is -0.475 e. The Balaban J connectivity index is 0.00000157. The number of aliphatic hydroxyl groups excluding tert-OH is 1. The highest BCUT2D eigenvalue weighted by molar-refractivity contribution is 6.12. The number of Topliss-reactive ketones (excluding diaryl/α,β-unsaturated/α-hetero) is 1. The number of carbonyl (C=O) groups is 6. The molecule has 67 heavy (non-hydrogen) atoms. The fraction of sp³-hybridized carbons (Fsp3) is 0.478. The van der Waals surface area contributed by atoms with Crippen LogP contribution in [0.3, 0.4) is 0 Å². The van der Waals surface area contributed by atoms with Crippen LogP contribution in [0.2, 0.25) is 0 Å². The number of alkyl halides is 3. The maximum absolute atomic E-state index is 15.0. The summed E-state index contributed by atoms with van der Waals surface area (Å²) in [6, 6.07) is 12.8. The van der Waals surface area contributed by atoms with Crippen molar-refractivity contribution in [3.63, 3.8) is 0 Å². The van der Waals surface area contributed by atoms with Crippen molar-refractivity contribution in [2.45, 2.75) is 71.3 Å². The van der Waals surface area contributed by atoms with Gasteiger partial charge in [-0.3, -0.25) is 28.9 Å². The molecule has 0 fully saturated rings. The highest BCUT2D eigenvalue weighted by atomic mass is 19.4. The Kier molecular flexibility index (Phi) is 22.4. The number of aliphatic hydroxyl groups is 1. The van der Waals surface area contributed by atoms with Gasteiger partial charge in [0, 0.05) is 67.6 Å². The predicted octanol–water partition coefficient (Wildman–Crippen LogP) is 4.57. The molecule has 21 heteroatoms. The van der Waals surface area contributed by atoms with Gasteiger partial charge >= 0.3 is 12.1 Å². The lowest BCUT2D eigenvalue weighted by molar-refractivity contribution is -0.192. The maximum atomic E-state index is 15.0. The third-order valence-corrected chi connectivity index (χ3v) is 10.1. The number of aromatic nitrogens is 1. The summed E-state index contributed by atoms with van der Waals surface area (Å²) in [7, 11) is 0. The number of amides is 4. The van der Waals surface area contributed by atoms with Crippen molar-refractivity contribution in [3.8, 4) is 11.1 Å². The lowest BCUT2D eigenvalue weighted by atomic mass is 9.82. The summed E-state index contributed by atoms with van der Waals surface area (Å²) in [5, 5.41) is 20.0. The van der Waals surface area contributed by atoms with Crippen LogP contribution in [-0.2, 0) is 49.5 Å². The highest BCUT2D eigenvalue weighted by Crippen LogP contribution is 2.41. The summed E-state index contributed by atoms with van der Waals surface area (Å²) in [5.74, 6) is -5.73. The van der Waals surface area contributed by atoms with Crippen LogP contribution in [0.25, 0.3) is 11.1 Å². The van der Waals surface area contributed by atoms with E-state index >= 15 is 4.39 Å². The second-order valence-corrected chi connectivity index (χ2v) is 16.3. The Morgan fingerprint density at radius 1 is 0.851 bits per heavy atom. The fourth-order valence-corrected chi connectivity index (χ4v) is 6.80. The quantitative estimate of drug-likeness (QED) is 0.0494. The Hall–Kier alpha value is -5.87. The number of imide groups is 1. The first-order valence-electron chi connectivity index (χ1n) is 21.4. The zero-order chi connectivity index (χ0) is 49.7. The van der Waals surface area contributed by atoms with Crippen LogP contribution in [0.4, 0.5) is 22.0 Å². The van der Waals surface area contributed by atoms with Crippen molar-refractivity contribution in [2.75, 3.05) is 65.9 Å². The van der Waals surface area contributed by atoms with Crippen molar-refractivity contribution >= 4 is 35.4 Å². The first-order valence-corrected chi connectivity index (χ1v) is 21.4. The summed E-state index contributed by atoms with van der Waals surface area (Å²) >= 11 is 0.